The van der Waals surface area contributed by atoms with Crippen LogP contribution in [-0.2, 0) is 6.42 Å². The number of aromatic nitrogens is 2. The van der Waals surface area contributed by atoms with E-state index in [1.807, 2.05) is 18.5 Å². The van der Waals surface area contributed by atoms with Crippen molar-refractivity contribution in [3.05, 3.63) is 47.0 Å². The predicted molar refractivity (Wildman–Crippen MR) is 133 cm³/mol. The molecule has 3 rings (SSSR count). The highest BCUT2D eigenvalue weighted by Gasteiger charge is 2.15. The summed E-state index contributed by atoms with van der Waals surface area (Å²) in [6.07, 6.45) is 23.1. The van der Waals surface area contributed by atoms with Gasteiger partial charge in [-0.15, -0.1) is 0 Å². The summed E-state index contributed by atoms with van der Waals surface area (Å²) in [5.41, 5.74) is 2.25. The molecule has 1 aromatic heterocycles. The molecule has 3 nitrogen and oxygen atoms in total. The van der Waals surface area contributed by atoms with Gasteiger partial charge >= 0.3 is 0 Å². The molecule has 1 aliphatic rings. The van der Waals surface area contributed by atoms with Gasteiger partial charge < -0.3 is 4.74 Å². The molecule has 0 unspecified atom stereocenters. The highest BCUT2D eigenvalue weighted by Crippen LogP contribution is 2.31. The van der Waals surface area contributed by atoms with Crippen LogP contribution in [0, 0.1) is 12.3 Å². The van der Waals surface area contributed by atoms with E-state index in [0.717, 1.165) is 34.6 Å². The van der Waals surface area contributed by atoms with Crippen LogP contribution in [0.1, 0.15) is 89.5 Å². The Labute approximate surface area is 197 Å². The van der Waals surface area contributed by atoms with E-state index < -0.39 is 0 Å². The molecule has 1 radical (unpaired) electrons. The van der Waals surface area contributed by atoms with Crippen LogP contribution >= 0.6 is 15.9 Å². The van der Waals surface area contributed by atoms with Gasteiger partial charge in [-0.2, -0.15) is 0 Å². The topological polar surface area (TPSA) is 35.0 Å². The summed E-state index contributed by atoms with van der Waals surface area (Å²) in [5, 5.41) is 0. The van der Waals surface area contributed by atoms with E-state index in [0.29, 0.717) is 5.92 Å². The van der Waals surface area contributed by atoms with E-state index in [-0.39, 0.29) is 0 Å². The zero-order chi connectivity index (χ0) is 21.7. The van der Waals surface area contributed by atoms with Crippen molar-refractivity contribution in [2.24, 2.45) is 5.92 Å². The summed E-state index contributed by atoms with van der Waals surface area (Å²) < 4.78 is 7.05. The minimum absolute atomic E-state index is 0.675. The van der Waals surface area contributed by atoms with Crippen LogP contribution in [0.25, 0.3) is 11.4 Å². The number of aryl methyl sites for hydroxylation is 1. The van der Waals surface area contributed by atoms with Gasteiger partial charge in [0, 0.05) is 18.0 Å². The first-order chi connectivity index (χ1) is 15.3. The summed E-state index contributed by atoms with van der Waals surface area (Å²) in [4.78, 5) is 9.22. The molecule has 0 bridgehead atoms. The Morgan fingerprint density at radius 3 is 2.29 bits per heavy atom. The third-order valence-corrected chi connectivity index (χ3v) is 6.87. The first kappa shape index (κ1) is 24.2. The SMILES string of the molecule is CCCCCCCCCCc1cnc(-c2ccc(OCC3CC[CH]CC3)c(Br)c2)nc1. The van der Waals surface area contributed by atoms with Gasteiger partial charge in [0.05, 0.1) is 11.1 Å². The number of benzene rings is 1. The maximum absolute atomic E-state index is 6.08. The van der Waals surface area contributed by atoms with Crippen LogP contribution in [0.5, 0.6) is 5.75 Å². The lowest BCUT2D eigenvalue weighted by atomic mass is 9.90. The van der Waals surface area contributed by atoms with E-state index in [9.17, 15) is 0 Å². The van der Waals surface area contributed by atoms with Crippen LogP contribution < -0.4 is 4.74 Å². The summed E-state index contributed by atoms with van der Waals surface area (Å²) >= 11 is 3.67. The molecular weight excluding hydrogens is 448 g/mol. The Morgan fingerprint density at radius 2 is 1.61 bits per heavy atom. The fourth-order valence-electron chi connectivity index (χ4n) is 4.22. The van der Waals surface area contributed by atoms with Gasteiger partial charge in [0.1, 0.15) is 5.75 Å². The first-order valence-corrected chi connectivity index (χ1v) is 13.1. The standard InChI is InChI=1S/C27H38BrN2O/c1-2-3-4-5-6-7-8-10-15-23-19-29-27(30-20-23)24-16-17-26(25(28)18-24)31-21-22-13-11-9-12-14-22/h9,16-20,22H,2-8,10-15,21H2,1H3. The van der Waals surface area contributed by atoms with Gasteiger partial charge in [0.15, 0.2) is 5.82 Å². The molecule has 1 fully saturated rings. The third-order valence-electron chi connectivity index (χ3n) is 6.25. The molecule has 1 aliphatic carbocycles. The van der Waals surface area contributed by atoms with Crippen molar-refractivity contribution in [1.29, 1.82) is 0 Å². The predicted octanol–water partition coefficient (Wildman–Crippen LogP) is 8.36. The van der Waals surface area contributed by atoms with Crippen molar-refractivity contribution in [3.8, 4) is 17.1 Å². The van der Waals surface area contributed by atoms with Gasteiger partial charge in [-0.25, -0.2) is 9.97 Å². The number of nitrogens with zero attached hydrogens (tertiary/aromatic N) is 2. The van der Waals surface area contributed by atoms with Gasteiger partial charge in [-0.1, -0.05) is 51.9 Å². The molecule has 0 aliphatic heterocycles. The maximum Gasteiger partial charge on any atom is 0.159 e. The second-order valence-electron chi connectivity index (χ2n) is 8.91. The molecule has 0 amide bonds. The van der Waals surface area contributed by atoms with E-state index in [2.05, 4.69) is 51.4 Å². The fourth-order valence-corrected chi connectivity index (χ4v) is 4.72. The van der Waals surface area contributed by atoms with Crippen molar-refractivity contribution >= 4 is 15.9 Å². The number of ether oxygens (including phenoxy) is 1. The normalized spacial score (nSPS) is 14.6. The molecule has 1 saturated carbocycles. The van der Waals surface area contributed by atoms with E-state index >= 15 is 0 Å². The second kappa shape index (κ2) is 13.9. The molecule has 0 N–H and O–H groups in total. The average molecular weight is 487 g/mol. The van der Waals surface area contributed by atoms with Crippen molar-refractivity contribution in [3.63, 3.8) is 0 Å². The molecule has 4 heteroatoms. The summed E-state index contributed by atoms with van der Waals surface area (Å²) in [7, 11) is 0. The van der Waals surface area contributed by atoms with Gasteiger partial charge in [0.2, 0.25) is 0 Å². The van der Waals surface area contributed by atoms with Gasteiger partial charge in [-0.05, 0) is 90.6 Å². The van der Waals surface area contributed by atoms with E-state index in [4.69, 9.17) is 4.74 Å². The molecule has 0 saturated heterocycles. The Morgan fingerprint density at radius 1 is 0.935 bits per heavy atom. The molecule has 1 aromatic carbocycles. The summed E-state index contributed by atoms with van der Waals surface area (Å²) in [6, 6.07) is 6.16. The zero-order valence-electron chi connectivity index (χ0n) is 19.1. The molecule has 1 heterocycles. The summed E-state index contributed by atoms with van der Waals surface area (Å²) in [6.45, 7) is 3.07. The van der Waals surface area contributed by atoms with Crippen LogP contribution in [0.2, 0.25) is 0 Å². The number of hydrogen-bond acceptors (Lipinski definition) is 3. The Balaban J connectivity index is 1.42. The lowest BCUT2D eigenvalue weighted by Crippen LogP contribution is -2.15. The lowest BCUT2D eigenvalue weighted by Gasteiger charge is -2.21. The Kier molecular flexibility index (Phi) is 10.8. The van der Waals surface area contributed by atoms with E-state index in [1.54, 1.807) is 0 Å². The molecule has 169 valence electrons. The molecule has 0 spiro atoms. The van der Waals surface area contributed by atoms with Gasteiger partial charge in [-0.3, -0.25) is 0 Å². The van der Waals surface area contributed by atoms with Crippen molar-refractivity contribution in [2.45, 2.75) is 90.4 Å². The second-order valence-corrected chi connectivity index (χ2v) is 9.76. The number of unbranched alkanes of at least 4 members (excludes halogenated alkanes) is 7. The largest absolute Gasteiger partial charge is 0.492 e. The lowest BCUT2D eigenvalue weighted by molar-refractivity contribution is 0.220. The molecule has 0 atom stereocenters. The quantitative estimate of drug-likeness (QED) is 0.267. The summed E-state index contributed by atoms with van der Waals surface area (Å²) in [5.74, 6) is 2.35. The van der Waals surface area contributed by atoms with Crippen LogP contribution in [0.15, 0.2) is 35.1 Å². The molecular formula is C27H38BrN2O. The highest BCUT2D eigenvalue weighted by atomic mass is 79.9. The Hall–Kier alpha value is -1.42. The molecule has 2 aromatic rings. The number of halogens is 1. The average Bonchev–Trinajstić information content (AvgIpc) is 2.81. The van der Waals surface area contributed by atoms with Crippen LogP contribution in [0.3, 0.4) is 0 Å². The van der Waals surface area contributed by atoms with Gasteiger partial charge in [0.25, 0.3) is 0 Å². The minimum atomic E-state index is 0.675. The minimum Gasteiger partial charge on any atom is -0.492 e. The number of rotatable bonds is 13. The van der Waals surface area contributed by atoms with Crippen molar-refractivity contribution < 1.29 is 4.74 Å². The van der Waals surface area contributed by atoms with E-state index in [1.165, 1.54) is 82.6 Å². The fraction of sp³-hybridized carbons (Fsp3) is 0.593. The Bertz CT molecular complexity index is 756. The van der Waals surface area contributed by atoms with Crippen LogP contribution in [-0.4, -0.2) is 16.6 Å². The van der Waals surface area contributed by atoms with Crippen molar-refractivity contribution in [2.75, 3.05) is 6.61 Å². The van der Waals surface area contributed by atoms with Crippen LogP contribution in [0.4, 0.5) is 0 Å². The molecule has 31 heavy (non-hydrogen) atoms. The number of hydrogen-bond donors (Lipinski definition) is 0. The zero-order valence-corrected chi connectivity index (χ0v) is 20.7. The smallest absolute Gasteiger partial charge is 0.159 e. The monoisotopic (exact) mass is 485 g/mol. The maximum atomic E-state index is 6.08. The first-order valence-electron chi connectivity index (χ1n) is 12.3. The highest BCUT2D eigenvalue weighted by molar-refractivity contribution is 9.10. The van der Waals surface area contributed by atoms with Crippen molar-refractivity contribution in [1.82, 2.24) is 9.97 Å². The third kappa shape index (κ3) is 8.56.